The van der Waals surface area contributed by atoms with Crippen LogP contribution < -0.4 is 16.4 Å². The fraction of sp³-hybridized carbons (Fsp3) is 0.349. The third kappa shape index (κ3) is 11.6. The smallest absolute Gasteiger partial charge is 0.224 e. The SMILES string of the molecule is C=CCN(C)CC1CC(c2ccc(CO)cc2)OC(c2cccc(-c3cccc(CNC(=O)CCCCCCC(=O)Nc4ccccc4N)c3)c2)O1. The molecule has 5 N–H and O–H groups in total. The van der Waals surface area contributed by atoms with Gasteiger partial charge in [-0.2, -0.15) is 0 Å². The molecule has 9 heteroatoms. The molecule has 1 saturated heterocycles. The van der Waals surface area contributed by atoms with Crippen LogP contribution in [0.3, 0.4) is 0 Å². The number of nitrogens with zero attached hydrogens (tertiary/aromatic N) is 1. The van der Waals surface area contributed by atoms with E-state index in [1.54, 1.807) is 12.1 Å². The van der Waals surface area contributed by atoms with Gasteiger partial charge in [0, 0.05) is 44.5 Å². The number of likely N-dealkylation sites (N-methyl/N-ethyl adjacent to an activating group) is 1. The number of benzene rings is 4. The Hall–Kier alpha value is -4.80. The maximum atomic E-state index is 12.6. The minimum absolute atomic E-state index is 0.00380. The lowest BCUT2D eigenvalue weighted by atomic mass is 9.98. The lowest BCUT2D eigenvalue weighted by Crippen LogP contribution is -2.37. The van der Waals surface area contributed by atoms with E-state index in [-0.39, 0.29) is 30.6 Å². The predicted molar refractivity (Wildman–Crippen MR) is 207 cm³/mol. The number of nitrogens with one attached hydrogen (secondary N) is 2. The van der Waals surface area contributed by atoms with Crippen LogP contribution in [-0.4, -0.2) is 48.1 Å². The number of unbranched alkanes of at least 4 members (excludes halogenated alkanes) is 3. The minimum Gasteiger partial charge on any atom is -0.397 e. The first-order chi connectivity index (χ1) is 25.3. The van der Waals surface area contributed by atoms with E-state index in [0.717, 1.165) is 72.2 Å². The maximum Gasteiger partial charge on any atom is 0.224 e. The molecule has 4 aromatic rings. The van der Waals surface area contributed by atoms with E-state index in [1.165, 1.54) is 0 Å². The number of anilines is 2. The van der Waals surface area contributed by atoms with Gasteiger partial charge in [0.25, 0.3) is 0 Å². The number of nitrogen functional groups attached to an aromatic ring is 1. The van der Waals surface area contributed by atoms with Crippen molar-refractivity contribution >= 4 is 23.2 Å². The van der Waals surface area contributed by atoms with Crippen LogP contribution in [0.1, 0.15) is 79.6 Å². The van der Waals surface area contributed by atoms with E-state index in [9.17, 15) is 14.7 Å². The number of para-hydroxylation sites is 2. The Kier molecular flexibility index (Phi) is 14.6. The average molecular weight is 705 g/mol. The van der Waals surface area contributed by atoms with Crippen LogP contribution in [0.5, 0.6) is 0 Å². The molecule has 2 amide bonds. The summed E-state index contributed by atoms with van der Waals surface area (Å²) in [5.74, 6) is -0.0304. The molecule has 0 spiro atoms. The van der Waals surface area contributed by atoms with Gasteiger partial charge >= 0.3 is 0 Å². The lowest BCUT2D eigenvalue weighted by Gasteiger charge is -2.37. The van der Waals surface area contributed by atoms with E-state index >= 15 is 0 Å². The quantitative estimate of drug-likeness (QED) is 0.0476. The molecular formula is C43H52N4O5. The summed E-state index contributed by atoms with van der Waals surface area (Å²) < 4.78 is 13.1. The van der Waals surface area contributed by atoms with Gasteiger partial charge in [-0.1, -0.05) is 91.7 Å². The molecule has 9 nitrogen and oxygen atoms in total. The zero-order valence-electron chi connectivity index (χ0n) is 30.1. The van der Waals surface area contributed by atoms with Gasteiger partial charge < -0.3 is 35.8 Å². The summed E-state index contributed by atoms with van der Waals surface area (Å²) in [6.45, 7) is 5.83. The Bertz CT molecular complexity index is 1760. The molecule has 4 aromatic carbocycles. The fourth-order valence-corrected chi connectivity index (χ4v) is 6.44. The summed E-state index contributed by atoms with van der Waals surface area (Å²) in [4.78, 5) is 27.0. The third-order valence-corrected chi connectivity index (χ3v) is 9.27. The minimum atomic E-state index is -0.549. The molecule has 1 fully saturated rings. The molecule has 52 heavy (non-hydrogen) atoms. The molecule has 0 bridgehead atoms. The molecule has 1 heterocycles. The van der Waals surface area contributed by atoms with Crippen LogP contribution in [0.25, 0.3) is 11.1 Å². The van der Waals surface area contributed by atoms with Crippen molar-refractivity contribution in [3.63, 3.8) is 0 Å². The summed E-state index contributed by atoms with van der Waals surface area (Å²) in [5.41, 5.74) is 13.0. The van der Waals surface area contributed by atoms with Crippen molar-refractivity contribution in [2.45, 2.75) is 76.6 Å². The average Bonchev–Trinajstić information content (AvgIpc) is 3.16. The zero-order valence-corrected chi connectivity index (χ0v) is 30.1. The van der Waals surface area contributed by atoms with Gasteiger partial charge in [0.05, 0.1) is 30.2 Å². The van der Waals surface area contributed by atoms with Crippen LogP contribution in [0.2, 0.25) is 0 Å². The number of amides is 2. The highest BCUT2D eigenvalue weighted by atomic mass is 16.7. The largest absolute Gasteiger partial charge is 0.397 e. The molecule has 0 radical (unpaired) electrons. The van der Waals surface area contributed by atoms with E-state index in [2.05, 4.69) is 53.4 Å². The van der Waals surface area contributed by atoms with E-state index in [1.807, 2.05) is 66.7 Å². The monoisotopic (exact) mass is 704 g/mol. The van der Waals surface area contributed by atoms with Crippen molar-refractivity contribution in [2.75, 3.05) is 31.2 Å². The van der Waals surface area contributed by atoms with Gasteiger partial charge in [0.15, 0.2) is 6.29 Å². The van der Waals surface area contributed by atoms with Gasteiger partial charge in [-0.15, -0.1) is 6.58 Å². The van der Waals surface area contributed by atoms with Gasteiger partial charge in [0.2, 0.25) is 11.8 Å². The number of carbonyl (C=O) groups is 2. The molecule has 0 saturated carbocycles. The predicted octanol–water partition coefficient (Wildman–Crippen LogP) is 7.69. The second-order valence-corrected chi connectivity index (χ2v) is 13.5. The Balaban J connectivity index is 1.12. The number of hydrogen-bond acceptors (Lipinski definition) is 7. The van der Waals surface area contributed by atoms with Crippen LogP contribution >= 0.6 is 0 Å². The molecule has 274 valence electrons. The summed E-state index contributed by atoms with van der Waals surface area (Å²) in [5, 5.41) is 15.4. The van der Waals surface area contributed by atoms with E-state index in [0.29, 0.717) is 37.2 Å². The first-order valence-corrected chi connectivity index (χ1v) is 18.2. The third-order valence-electron chi connectivity index (χ3n) is 9.27. The second kappa shape index (κ2) is 19.7. The standard InChI is InChI=1S/C43H52N4O5/c1-3-24-47(2)29-37-27-40(33-22-20-31(30-48)21-23-33)52-43(51-37)36-15-11-14-35(26-36)34-13-10-12-32(25-34)28-45-41(49)18-6-4-5-7-19-42(50)46-39-17-9-8-16-38(39)44/h3,8-17,20-23,25-26,37,40,43,48H,1,4-7,18-19,24,27-30,44H2,2H3,(H,45,49)(H,46,50). The van der Waals surface area contributed by atoms with Crippen LogP contribution in [0.15, 0.2) is 110 Å². The Morgan fingerprint density at radius 2 is 1.56 bits per heavy atom. The summed E-state index contributed by atoms with van der Waals surface area (Å²) in [7, 11) is 2.06. The van der Waals surface area contributed by atoms with Crippen molar-refractivity contribution in [2.24, 2.45) is 0 Å². The zero-order chi connectivity index (χ0) is 36.7. The first kappa shape index (κ1) is 38.4. The van der Waals surface area contributed by atoms with Crippen LogP contribution in [0.4, 0.5) is 11.4 Å². The fourth-order valence-electron chi connectivity index (χ4n) is 6.44. The topological polar surface area (TPSA) is 126 Å². The van der Waals surface area contributed by atoms with Crippen molar-refractivity contribution in [3.8, 4) is 11.1 Å². The normalized spacial score (nSPS) is 17.1. The van der Waals surface area contributed by atoms with Crippen molar-refractivity contribution in [1.29, 1.82) is 0 Å². The molecule has 3 unspecified atom stereocenters. The number of aliphatic hydroxyl groups excluding tert-OH is 1. The molecule has 3 atom stereocenters. The maximum absolute atomic E-state index is 12.6. The van der Waals surface area contributed by atoms with Crippen LogP contribution in [0, 0.1) is 0 Å². The number of nitrogens with two attached hydrogens (primary N) is 1. The highest BCUT2D eigenvalue weighted by Crippen LogP contribution is 2.39. The highest BCUT2D eigenvalue weighted by molar-refractivity contribution is 5.93. The van der Waals surface area contributed by atoms with E-state index in [4.69, 9.17) is 15.2 Å². The molecule has 1 aliphatic heterocycles. The van der Waals surface area contributed by atoms with Gasteiger partial charge in [-0.05, 0) is 72.0 Å². The van der Waals surface area contributed by atoms with Crippen molar-refractivity contribution in [1.82, 2.24) is 10.2 Å². The van der Waals surface area contributed by atoms with Gasteiger partial charge in [0.1, 0.15) is 0 Å². The van der Waals surface area contributed by atoms with Gasteiger partial charge in [-0.25, -0.2) is 0 Å². The number of carbonyl (C=O) groups excluding carboxylic acids is 2. The van der Waals surface area contributed by atoms with Crippen molar-refractivity contribution < 1.29 is 24.2 Å². The Morgan fingerprint density at radius 1 is 0.846 bits per heavy atom. The number of rotatable bonds is 18. The summed E-state index contributed by atoms with van der Waals surface area (Å²) in [6.07, 6.45) is 6.04. The molecule has 5 rings (SSSR count). The number of hydrogen-bond donors (Lipinski definition) is 4. The van der Waals surface area contributed by atoms with E-state index < -0.39 is 6.29 Å². The summed E-state index contributed by atoms with van der Waals surface area (Å²) in [6, 6.07) is 31.6. The first-order valence-electron chi connectivity index (χ1n) is 18.2. The second-order valence-electron chi connectivity index (χ2n) is 13.5. The van der Waals surface area contributed by atoms with Crippen LogP contribution in [-0.2, 0) is 32.2 Å². The highest BCUT2D eigenvalue weighted by Gasteiger charge is 2.32. The summed E-state index contributed by atoms with van der Waals surface area (Å²) >= 11 is 0. The number of aliphatic hydroxyl groups is 1. The molecule has 0 aromatic heterocycles. The lowest BCUT2D eigenvalue weighted by molar-refractivity contribution is -0.252. The van der Waals surface area contributed by atoms with Gasteiger partial charge in [-0.3, -0.25) is 9.59 Å². The Labute approximate surface area is 307 Å². The molecule has 1 aliphatic rings. The molecule has 0 aliphatic carbocycles. The number of ether oxygens (including phenoxy) is 2. The molecular weight excluding hydrogens is 652 g/mol. The van der Waals surface area contributed by atoms with Crippen molar-refractivity contribution in [3.05, 3.63) is 132 Å². The Morgan fingerprint density at radius 3 is 2.29 bits per heavy atom.